The van der Waals surface area contributed by atoms with E-state index in [1.165, 1.54) is 0 Å². The lowest BCUT2D eigenvalue weighted by Crippen LogP contribution is -1.97. The van der Waals surface area contributed by atoms with Crippen LogP contribution in [0.1, 0.15) is 15.9 Å². The van der Waals surface area contributed by atoms with E-state index >= 15 is 0 Å². The highest BCUT2D eigenvalue weighted by atomic mass is 79.9. The van der Waals surface area contributed by atoms with Gasteiger partial charge in [0.2, 0.25) is 13.6 Å². The number of carbonyl (C=O) groups is 1. The van der Waals surface area contributed by atoms with Gasteiger partial charge in [0.05, 0.1) is 5.56 Å². The Labute approximate surface area is 161 Å². The summed E-state index contributed by atoms with van der Waals surface area (Å²) in [5.74, 6) is 2.39. The van der Waals surface area contributed by atoms with Gasteiger partial charge in [0.25, 0.3) is 0 Å². The predicted molar refractivity (Wildman–Crippen MR) is 98.4 cm³/mol. The number of esters is 1. The highest BCUT2D eigenvalue weighted by molar-refractivity contribution is 9.10. The lowest BCUT2D eigenvalue weighted by Gasteiger charge is -2.15. The van der Waals surface area contributed by atoms with Gasteiger partial charge in [-0.25, -0.2) is 4.79 Å². The largest absolute Gasteiger partial charge is 0.457 e. The summed E-state index contributed by atoms with van der Waals surface area (Å²) in [5, 5.41) is 1.75. The average Bonchev–Trinajstić information content (AvgIpc) is 3.40. The first-order valence-corrected chi connectivity index (χ1v) is 9.15. The molecule has 27 heavy (non-hydrogen) atoms. The van der Waals surface area contributed by atoms with E-state index in [2.05, 4.69) is 15.9 Å². The minimum atomic E-state index is -0.321. The van der Waals surface area contributed by atoms with Crippen molar-refractivity contribution in [3.63, 3.8) is 0 Å². The first kappa shape index (κ1) is 15.2. The Kier molecular flexibility index (Phi) is 2.97. The molecule has 0 bridgehead atoms. The number of ether oxygens (including phenoxy) is 5. The number of halogens is 1. The van der Waals surface area contributed by atoms with Crippen molar-refractivity contribution in [3.05, 3.63) is 45.9 Å². The first-order chi connectivity index (χ1) is 13.2. The monoisotopic (exact) mass is 426 g/mol. The number of benzene rings is 3. The third-order valence-electron chi connectivity index (χ3n) is 5.05. The Morgan fingerprint density at radius 2 is 1.67 bits per heavy atom. The molecule has 0 aromatic heterocycles. The van der Waals surface area contributed by atoms with Crippen LogP contribution in [0.3, 0.4) is 0 Å². The van der Waals surface area contributed by atoms with Crippen LogP contribution in [0.4, 0.5) is 0 Å². The molecule has 0 aliphatic carbocycles. The predicted octanol–water partition coefficient (Wildman–Crippen LogP) is 4.40. The number of carbonyl (C=O) groups excluding carboxylic acids is 1. The molecule has 0 fully saturated rings. The molecule has 3 heterocycles. The minimum Gasteiger partial charge on any atom is -0.457 e. The van der Waals surface area contributed by atoms with Gasteiger partial charge in [-0.2, -0.15) is 0 Å². The normalized spacial score (nSPS) is 16.0. The van der Waals surface area contributed by atoms with Gasteiger partial charge in [-0.1, -0.05) is 22.0 Å². The van der Waals surface area contributed by atoms with E-state index < -0.39 is 0 Å². The van der Waals surface area contributed by atoms with Crippen LogP contribution >= 0.6 is 15.9 Å². The summed E-state index contributed by atoms with van der Waals surface area (Å²) in [6.45, 7) is 0.579. The third kappa shape index (κ3) is 2.03. The SMILES string of the molecule is O=C1OCc2c1cc1c(Br)cc3c(c1c2-c1ccc2c(c1)OCO2)OCO3. The second-order valence-corrected chi connectivity index (χ2v) is 7.29. The molecular formula is C20H11BrO6. The van der Waals surface area contributed by atoms with Gasteiger partial charge in [0, 0.05) is 26.4 Å². The molecule has 0 amide bonds. The zero-order chi connectivity index (χ0) is 18.1. The van der Waals surface area contributed by atoms with E-state index in [1.54, 1.807) is 0 Å². The summed E-state index contributed by atoms with van der Waals surface area (Å²) in [6.07, 6.45) is 0. The second kappa shape index (κ2) is 5.29. The highest BCUT2D eigenvalue weighted by Crippen LogP contribution is 2.50. The van der Waals surface area contributed by atoms with Gasteiger partial charge in [0.15, 0.2) is 23.0 Å². The van der Waals surface area contributed by atoms with Crippen molar-refractivity contribution in [3.8, 4) is 34.1 Å². The van der Waals surface area contributed by atoms with E-state index in [9.17, 15) is 4.79 Å². The van der Waals surface area contributed by atoms with Gasteiger partial charge in [0.1, 0.15) is 6.61 Å². The smallest absolute Gasteiger partial charge is 0.338 e. The fourth-order valence-corrected chi connectivity index (χ4v) is 4.37. The molecule has 0 saturated carbocycles. The molecule has 0 saturated heterocycles. The average molecular weight is 427 g/mol. The molecule has 6 rings (SSSR count). The number of rotatable bonds is 1. The molecule has 3 aliphatic heterocycles. The summed E-state index contributed by atoms with van der Waals surface area (Å²) >= 11 is 3.60. The summed E-state index contributed by atoms with van der Waals surface area (Å²) in [4.78, 5) is 12.3. The highest BCUT2D eigenvalue weighted by Gasteiger charge is 2.31. The molecular weight excluding hydrogens is 416 g/mol. The van der Waals surface area contributed by atoms with Crippen LogP contribution in [0.15, 0.2) is 34.8 Å². The van der Waals surface area contributed by atoms with Crippen molar-refractivity contribution >= 4 is 32.7 Å². The van der Waals surface area contributed by atoms with Crippen molar-refractivity contribution < 1.29 is 28.5 Å². The van der Waals surface area contributed by atoms with E-state index in [0.29, 0.717) is 28.6 Å². The Morgan fingerprint density at radius 3 is 2.59 bits per heavy atom. The molecule has 7 heteroatoms. The topological polar surface area (TPSA) is 63.2 Å². The summed E-state index contributed by atoms with van der Waals surface area (Å²) < 4.78 is 28.5. The summed E-state index contributed by atoms with van der Waals surface area (Å²) in [6, 6.07) is 9.46. The number of cyclic esters (lactones) is 1. The quantitative estimate of drug-likeness (QED) is 0.537. The Bertz CT molecular complexity index is 1170. The van der Waals surface area contributed by atoms with Crippen LogP contribution in [0.25, 0.3) is 21.9 Å². The molecule has 0 unspecified atom stereocenters. The van der Waals surface area contributed by atoms with Crippen molar-refractivity contribution in [2.75, 3.05) is 13.6 Å². The lowest BCUT2D eigenvalue weighted by atomic mass is 9.90. The van der Waals surface area contributed by atoms with E-state index in [1.807, 2.05) is 30.3 Å². The van der Waals surface area contributed by atoms with Crippen LogP contribution in [0.2, 0.25) is 0 Å². The van der Waals surface area contributed by atoms with Gasteiger partial charge < -0.3 is 23.7 Å². The van der Waals surface area contributed by atoms with Crippen molar-refractivity contribution in [1.29, 1.82) is 0 Å². The van der Waals surface area contributed by atoms with Crippen LogP contribution in [0.5, 0.6) is 23.0 Å². The molecule has 3 aromatic rings. The molecule has 134 valence electrons. The number of hydrogen-bond acceptors (Lipinski definition) is 6. The zero-order valence-electron chi connectivity index (χ0n) is 13.8. The van der Waals surface area contributed by atoms with Gasteiger partial charge >= 0.3 is 5.97 Å². The summed E-state index contributed by atoms with van der Waals surface area (Å²) in [5.41, 5.74) is 3.18. The maximum atomic E-state index is 12.3. The van der Waals surface area contributed by atoms with E-state index in [-0.39, 0.29) is 26.2 Å². The molecule has 0 radical (unpaired) electrons. The van der Waals surface area contributed by atoms with Crippen molar-refractivity contribution in [2.24, 2.45) is 0 Å². The maximum absolute atomic E-state index is 12.3. The van der Waals surface area contributed by atoms with E-state index in [0.717, 1.165) is 31.9 Å². The van der Waals surface area contributed by atoms with Gasteiger partial charge in [-0.05, 0) is 29.8 Å². The fourth-order valence-electron chi connectivity index (χ4n) is 3.85. The molecule has 6 nitrogen and oxygen atoms in total. The lowest BCUT2D eigenvalue weighted by molar-refractivity contribution is 0.0535. The van der Waals surface area contributed by atoms with Crippen LogP contribution in [0, 0.1) is 0 Å². The minimum absolute atomic E-state index is 0.161. The molecule has 0 spiro atoms. The number of hydrogen-bond donors (Lipinski definition) is 0. The zero-order valence-corrected chi connectivity index (χ0v) is 15.4. The number of fused-ring (bicyclic) bond motifs is 5. The fraction of sp³-hybridized carbons (Fsp3) is 0.150. The van der Waals surface area contributed by atoms with Crippen molar-refractivity contribution in [2.45, 2.75) is 6.61 Å². The standard InChI is InChI=1S/C20H11BrO6/c21-13-5-16-19(27-8-26-16)18-11(13)4-10-12(6-23-20(10)22)17(18)9-1-2-14-15(3-9)25-7-24-14/h1-5H,6-8H2. The van der Waals surface area contributed by atoms with Crippen LogP contribution in [-0.2, 0) is 11.3 Å². The van der Waals surface area contributed by atoms with Gasteiger partial charge in [-0.15, -0.1) is 0 Å². The van der Waals surface area contributed by atoms with Crippen LogP contribution in [-0.4, -0.2) is 19.6 Å². The molecule has 3 aromatic carbocycles. The van der Waals surface area contributed by atoms with Crippen LogP contribution < -0.4 is 18.9 Å². The molecule has 0 atom stereocenters. The Balaban J connectivity index is 1.76. The second-order valence-electron chi connectivity index (χ2n) is 6.44. The third-order valence-corrected chi connectivity index (χ3v) is 5.70. The Morgan fingerprint density at radius 1 is 0.852 bits per heavy atom. The van der Waals surface area contributed by atoms with Gasteiger partial charge in [-0.3, -0.25) is 0 Å². The molecule has 3 aliphatic rings. The molecule has 0 N–H and O–H groups in total. The van der Waals surface area contributed by atoms with E-state index in [4.69, 9.17) is 23.7 Å². The first-order valence-electron chi connectivity index (χ1n) is 8.35. The Hall–Kier alpha value is -2.93. The van der Waals surface area contributed by atoms with Crippen molar-refractivity contribution in [1.82, 2.24) is 0 Å². The maximum Gasteiger partial charge on any atom is 0.338 e. The summed E-state index contributed by atoms with van der Waals surface area (Å²) in [7, 11) is 0.